The van der Waals surface area contributed by atoms with Crippen LogP contribution < -0.4 is 10.1 Å². The number of rotatable bonds is 2. The molecule has 4 nitrogen and oxygen atoms in total. The van der Waals surface area contributed by atoms with Gasteiger partial charge in [0.15, 0.2) is 11.5 Å². The van der Waals surface area contributed by atoms with Gasteiger partial charge in [0.05, 0.1) is 13.7 Å². The molecule has 20 heavy (non-hydrogen) atoms. The number of benzene rings is 2. The van der Waals surface area contributed by atoms with Crippen LogP contribution in [0.5, 0.6) is 17.2 Å². The van der Waals surface area contributed by atoms with Crippen LogP contribution in [0.15, 0.2) is 36.4 Å². The van der Waals surface area contributed by atoms with Crippen molar-refractivity contribution in [1.29, 1.82) is 0 Å². The molecule has 0 bridgehead atoms. The van der Waals surface area contributed by atoms with Crippen LogP contribution in [-0.4, -0.2) is 23.9 Å². The number of nitrogens with two attached hydrogens (primary N) is 1. The van der Waals surface area contributed by atoms with Gasteiger partial charge in [-0.25, -0.2) is 0 Å². The molecule has 3 rings (SSSR count). The summed E-state index contributed by atoms with van der Waals surface area (Å²) in [7, 11) is 1.65. The first-order valence-corrected chi connectivity index (χ1v) is 6.71. The van der Waals surface area contributed by atoms with Crippen LogP contribution in [-0.2, 0) is 6.42 Å². The summed E-state index contributed by atoms with van der Waals surface area (Å²) in [6.07, 6.45) is 0.893. The highest BCUT2D eigenvalue weighted by molar-refractivity contribution is 5.49. The summed E-state index contributed by atoms with van der Waals surface area (Å²) in [5, 5.41) is 21.6. The molecule has 0 amide bonds. The van der Waals surface area contributed by atoms with Gasteiger partial charge < -0.3 is 20.3 Å². The number of quaternary nitrogens is 1. The maximum atomic E-state index is 9.75. The molecule has 1 heterocycles. The molecule has 2 aromatic rings. The Morgan fingerprint density at radius 3 is 2.75 bits per heavy atom. The van der Waals surface area contributed by atoms with E-state index in [1.54, 1.807) is 19.2 Å². The van der Waals surface area contributed by atoms with Crippen molar-refractivity contribution in [1.82, 2.24) is 0 Å². The van der Waals surface area contributed by atoms with E-state index >= 15 is 0 Å². The zero-order valence-electron chi connectivity index (χ0n) is 11.3. The Hall–Kier alpha value is -2.20. The van der Waals surface area contributed by atoms with E-state index in [9.17, 15) is 10.2 Å². The summed E-state index contributed by atoms with van der Waals surface area (Å²) in [6, 6.07) is 11.4. The van der Waals surface area contributed by atoms with Gasteiger partial charge >= 0.3 is 0 Å². The van der Waals surface area contributed by atoms with Crippen molar-refractivity contribution in [3.63, 3.8) is 0 Å². The second-order valence-electron chi connectivity index (χ2n) is 5.07. The molecule has 0 aromatic heterocycles. The van der Waals surface area contributed by atoms with Gasteiger partial charge in [-0.2, -0.15) is 0 Å². The molecule has 2 aromatic carbocycles. The molecular formula is C16H18NO3+. The van der Waals surface area contributed by atoms with Crippen LogP contribution in [0.3, 0.4) is 0 Å². The summed E-state index contributed by atoms with van der Waals surface area (Å²) in [4.78, 5) is 0. The molecular weight excluding hydrogens is 254 g/mol. The smallest absolute Gasteiger partial charge is 0.157 e. The summed E-state index contributed by atoms with van der Waals surface area (Å²) < 4.78 is 5.27. The van der Waals surface area contributed by atoms with Crippen molar-refractivity contribution in [3.8, 4) is 17.2 Å². The molecule has 0 unspecified atom stereocenters. The molecule has 0 saturated carbocycles. The third-order valence-electron chi connectivity index (χ3n) is 3.84. The lowest BCUT2D eigenvalue weighted by Gasteiger charge is -2.25. The number of hydrogen-bond acceptors (Lipinski definition) is 3. The summed E-state index contributed by atoms with van der Waals surface area (Å²) in [6.45, 7) is 0.957. The molecule has 0 aliphatic carbocycles. The van der Waals surface area contributed by atoms with Gasteiger partial charge in [-0.05, 0) is 29.8 Å². The number of hydrogen-bond donors (Lipinski definition) is 3. The van der Waals surface area contributed by atoms with Crippen molar-refractivity contribution < 1.29 is 20.3 Å². The predicted octanol–water partition coefficient (Wildman–Crippen LogP) is 1.32. The van der Waals surface area contributed by atoms with E-state index in [4.69, 9.17) is 4.74 Å². The van der Waals surface area contributed by atoms with Crippen molar-refractivity contribution in [2.45, 2.75) is 12.5 Å². The molecule has 1 aliphatic rings. The number of aromatic hydroxyl groups is 2. The van der Waals surface area contributed by atoms with Crippen molar-refractivity contribution in [2.24, 2.45) is 0 Å². The van der Waals surface area contributed by atoms with Gasteiger partial charge in [-0.15, -0.1) is 0 Å². The average Bonchev–Trinajstić information content (AvgIpc) is 2.48. The molecule has 0 fully saturated rings. The van der Waals surface area contributed by atoms with Gasteiger partial charge in [0.25, 0.3) is 0 Å². The molecule has 104 valence electrons. The fraction of sp³-hybridized carbons (Fsp3) is 0.250. The van der Waals surface area contributed by atoms with Crippen LogP contribution in [0.1, 0.15) is 22.7 Å². The summed E-state index contributed by atoms with van der Waals surface area (Å²) in [5.74, 6) is 0.716. The fourth-order valence-corrected chi connectivity index (χ4v) is 2.83. The molecule has 4 N–H and O–H groups in total. The van der Waals surface area contributed by atoms with Crippen molar-refractivity contribution in [2.75, 3.05) is 13.7 Å². The number of phenolic OH excluding ortho intramolecular Hbond substituents is 2. The standard InChI is InChI=1S/C16H17NO3/c1-20-12-4-2-3-11(7-12)16-13-9-15(19)14(18)8-10(13)5-6-17-16/h2-4,7-9,16-19H,5-6H2,1H3/p+1/t16-/m0/s1. The third kappa shape index (κ3) is 2.18. The first kappa shape index (κ1) is 12.8. The zero-order valence-corrected chi connectivity index (χ0v) is 11.3. The second-order valence-corrected chi connectivity index (χ2v) is 5.07. The van der Waals surface area contributed by atoms with Gasteiger partial charge in [0.2, 0.25) is 0 Å². The van der Waals surface area contributed by atoms with Crippen LogP contribution in [0, 0.1) is 0 Å². The lowest BCUT2D eigenvalue weighted by Crippen LogP contribution is -2.87. The first-order valence-electron chi connectivity index (χ1n) is 6.71. The quantitative estimate of drug-likeness (QED) is 0.722. The molecule has 0 spiro atoms. The zero-order chi connectivity index (χ0) is 14.1. The van der Waals surface area contributed by atoms with E-state index < -0.39 is 0 Å². The Bertz CT molecular complexity index is 640. The second kappa shape index (κ2) is 5.06. The van der Waals surface area contributed by atoms with E-state index in [0.717, 1.165) is 35.4 Å². The SMILES string of the molecule is COc1cccc([C@@H]2[NH2+]CCc3cc(O)c(O)cc32)c1. The average molecular weight is 272 g/mol. The Morgan fingerprint density at radius 2 is 1.95 bits per heavy atom. The largest absolute Gasteiger partial charge is 0.504 e. The van der Waals surface area contributed by atoms with Crippen molar-refractivity contribution >= 4 is 0 Å². The number of ether oxygens (including phenoxy) is 1. The van der Waals surface area contributed by atoms with E-state index in [0.29, 0.717) is 0 Å². The van der Waals surface area contributed by atoms with Gasteiger partial charge in [-0.3, -0.25) is 0 Å². The fourth-order valence-electron chi connectivity index (χ4n) is 2.83. The molecule has 4 heteroatoms. The van der Waals surface area contributed by atoms with Gasteiger partial charge in [0.1, 0.15) is 11.8 Å². The molecule has 1 atom stereocenters. The van der Waals surface area contributed by atoms with E-state index in [2.05, 4.69) is 11.4 Å². The van der Waals surface area contributed by atoms with E-state index in [1.165, 1.54) is 0 Å². The Balaban J connectivity index is 2.06. The van der Waals surface area contributed by atoms with Crippen LogP contribution in [0.4, 0.5) is 0 Å². The van der Waals surface area contributed by atoms with Gasteiger partial charge in [0, 0.05) is 17.5 Å². The monoisotopic (exact) mass is 272 g/mol. The topological polar surface area (TPSA) is 66.3 Å². The number of phenols is 2. The predicted molar refractivity (Wildman–Crippen MR) is 75.1 cm³/mol. The summed E-state index contributed by atoms with van der Waals surface area (Å²) >= 11 is 0. The molecule has 1 aliphatic heterocycles. The Kier molecular flexibility index (Phi) is 3.24. The van der Waals surface area contributed by atoms with E-state index in [-0.39, 0.29) is 17.5 Å². The third-order valence-corrected chi connectivity index (χ3v) is 3.84. The lowest BCUT2D eigenvalue weighted by atomic mass is 9.89. The minimum Gasteiger partial charge on any atom is -0.504 e. The minimum absolute atomic E-state index is 0.0463. The number of methoxy groups -OCH3 is 1. The minimum atomic E-state index is -0.0630. The van der Waals surface area contributed by atoms with E-state index in [1.807, 2.05) is 18.2 Å². The maximum absolute atomic E-state index is 9.75. The highest BCUT2D eigenvalue weighted by atomic mass is 16.5. The van der Waals surface area contributed by atoms with Crippen LogP contribution in [0.25, 0.3) is 0 Å². The Labute approximate surface area is 117 Å². The molecule has 0 saturated heterocycles. The Morgan fingerprint density at radius 1 is 1.15 bits per heavy atom. The lowest BCUT2D eigenvalue weighted by molar-refractivity contribution is -0.690. The number of fused-ring (bicyclic) bond motifs is 1. The van der Waals surface area contributed by atoms with Crippen LogP contribution >= 0.6 is 0 Å². The van der Waals surface area contributed by atoms with Crippen molar-refractivity contribution in [3.05, 3.63) is 53.1 Å². The highest BCUT2D eigenvalue weighted by Gasteiger charge is 2.26. The van der Waals surface area contributed by atoms with Gasteiger partial charge in [-0.1, -0.05) is 12.1 Å². The molecule has 0 radical (unpaired) electrons. The maximum Gasteiger partial charge on any atom is 0.157 e. The normalized spacial score (nSPS) is 17.6. The summed E-state index contributed by atoms with van der Waals surface area (Å²) in [5.41, 5.74) is 3.28. The first-order chi connectivity index (χ1) is 9.69. The highest BCUT2D eigenvalue weighted by Crippen LogP contribution is 2.34. The van der Waals surface area contributed by atoms with Crippen LogP contribution in [0.2, 0.25) is 0 Å².